The van der Waals surface area contributed by atoms with Gasteiger partial charge in [0.05, 0.1) is 36.2 Å². The summed E-state index contributed by atoms with van der Waals surface area (Å²) in [4.78, 5) is 18.6. The molecule has 2 fully saturated rings. The van der Waals surface area contributed by atoms with Crippen LogP contribution in [0.1, 0.15) is 23.1 Å². The fourth-order valence-electron chi connectivity index (χ4n) is 4.67. The van der Waals surface area contributed by atoms with Crippen molar-refractivity contribution >= 4 is 44.7 Å². The number of hydrogen-bond donors (Lipinski definition) is 0. The van der Waals surface area contributed by atoms with Crippen LogP contribution in [0.3, 0.4) is 0 Å². The summed E-state index contributed by atoms with van der Waals surface area (Å²) < 4.78 is 80.4. The minimum Gasteiger partial charge on any atom is -0.374 e. The molecule has 6 nitrogen and oxygen atoms in total. The number of carbonyl (C=O) groups is 1. The molecule has 3 heterocycles. The lowest BCUT2D eigenvalue weighted by Gasteiger charge is -2.46. The molecule has 0 saturated carbocycles. The molecular formula is C23H18Cl2F4N2O4S. The van der Waals surface area contributed by atoms with Gasteiger partial charge in [-0.25, -0.2) is 12.8 Å². The summed E-state index contributed by atoms with van der Waals surface area (Å²) >= 11 is 11.8. The van der Waals surface area contributed by atoms with E-state index < -0.39 is 45.5 Å². The summed E-state index contributed by atoms with van der Waals surface area (Å²) in [6.07, 6.45) is -5.48. The number of amides is 1. The van der Waals surface area contributed by atoms with Crippen molar-refractivity contribution in [3.05, 3.63) is 69.2 Å². The number of rotatable bonds is 4. The second-order valence-corrected chi connectivity index (χ2v) is 12.3. The molecule has 5 rings (SSSR count). The van der Waals surface area contributed by atoms with E-state index in [1.807, 2.05) is 0 Å². The number of sulfone groups is 1. The molecule has 1 atom stereocenters. The zero-order valence-electron chi connectivity index (χ0n) is 18.4. The van der Waals surface area contributed by atoms with Crippen LogP contribution in [-0.4, -0.2) is 55.7 Å². The Bertz CT molecular complexity index is 1340. The number of oxime groups is 1. The Hall–Kier alpha value is -2.37. The van der Waals surface area contributed by atoms with Crippen molar-refractivity contribution in [2.75, 3.05) is 24.6 Å². The van der Waals surface area contributed by atoms with E-state index in [1.54, 1.807) is 0 Å². The van der Waals surface area contributed by atoms with Crippen molar-refractivity contribution < 1.29 is 35.6 Å². The molecule has 2 aromatic rings. The van der Waals surface area contributed by atoms with Crippen LogP contribution in [0.2, 0.25) is 10.0 Å². The van der Waals surface area contributed by atoms with Gasteiger partial charge in [0.25, 0.3) is 5.60 Å². The SMILES string of the molecule is O=C(C1CS(=O)(=O)C1)N1CC(F)(c2ccc(C3=NOC(c4cc(Cl)cc(Cl)c4)(C(F)(F)F)C3)cc2)C1. The van der Waals surface area contributed by atoms with Gasteiger partial charge in [-0.1, -0.05) is 52.6 Å². The van der Waals surface area contributed by atoms with Crippen LogP contribution in [0.25, 0.3) is 0 Å². The van der Waals surface area contributed by atoms with Crippen LogP contribution in [0.15, 0.2) is 47.6 Å². The molecule has 192 valence electrons. The lowest BCUT2D eigenvalue weighted by Crippen LogP contribution is -2.62. The molecule has 0 spiro atoms. The van der Waals surface area contributed by atoms with Crippen molar-refractivity contribution in [3.63, 3.8) is 0 Å². The summed E-state index contributed by atoms with van der Waals surface area (Å²) in [6, 6.07) is 9.30. The Morgan fingerprint density at radius 2 is 1.61 bits per heavy atom. The van der Waals surface area contributed by atoms with Crippen molar-refractivity contribution in [1.82, 2.24) is 4.90 Å². The smallest absolute Gasteiger partial charge is 0.374 e. The van der Waals surface area contributed by atoms with Crippen molar-refractivity contribution in [3.8, 4) is 0 Å². The first-order chi connectivity index (χ1) is 16.7. The molecular weight excluding hydrogens is 547 g/mol. The third-order valence-electron chi connectivity index (χ3n) is 6.70. The standard InChI is InChI=1S/C23H18Cl2F4N2O4S/c24-17-5-16(6-18(25)7-17)22(23(27,28)29)8-19(30-35-22)13-1-3-15(4-2-13)21(26)11-31(12-21)20(32)14-9-36(33,34)10-14/h1-7,14H,8-12H2. The van der Waals surface area contributed by atoms with E-state index >= 15 is 4.39 Å². The highest BCUT2D eigenvalue weighted by molar-refractivity contribution is 7.92. The topological polar surface area (TPSA) is 76.0 Å². The second-order valence-electron chi connectivity index (χ2n) is 9.30. The quantitative estimate of drug-likeness (QED) is 0.507. The van der Waals surface area contributed by atoms with Crippen LogP contribution in [0.5, 0.6) is 0 Å². The minimum atomic E-state index is -4.84. The molecule has 0 bridgehead atoms. The van der Waals surface area contributed by atoms with E-state index in [2.05, 4.69) is 5.16 Å². The Kier molecular flexibility index (Phi) is 5.85. The molecule has 3 aliphatic heterocycles. The van der Waals surface area contributed by atoms with E-state index in [1.165, 1.54) is 35.2 Å². The van der Waals surface area contributed by atoms with E-state index in [4.69, 9.17) is 28.0 Å². The maximum Gasteiger partial charge on any atom is 0.435 e. The highest BCUT2D eigenvalue weighted by atomic mass is 35.5. The fourth-order valence-corrected chi connectivity index (χ4v) is 6.61. The largest absolute Gasteiger partial charge is 0.435 e. The molecule has 36 heavy (non-hydrogen) atoms. The van der Waals surface area contributed by atoms with Gasteiger partial charge >= 0.3 is 6.18 Å². The Balaban J connectivity index is 1.30. The van der Waals surface area contributed by atoms with Crippen LogP contribution >= 0.6 is 23.2 Å². The highest BCUT2D eigenvalue weighted by Crippen LogP contribution is 2.50. The molecule has 2 aromatic carbocycles. The van der Waals surface area contributed by atoms with Gasteiger partial charge in [-0.05, 0) is 29.3 Å². The number of halogens is 6. The Morgan fingerprint density at radius 3 is 2.14 bits per heavy atom. The van der Waals surface area contributed by atoms with Crippen LogP contribution in [0, 0.1) is 5.92 Å². The fraction of sp³-hybridized carbons (Fsp3) is 0.391. The maximum atomic E-state index is 15.3. The van der Waals surface area contributed by atoms with Gasteiger partial charge in [0.1, 0.15) is 0 Å². The average molecular weight is 565 g/mol. The molecule has 1 unspecified atom stereocenters. The van der Waals surface area contributed by atoms with Crippen LogP contribution in [-0.2, 0) is 30.7 Å². The van der Waals surface area contributed by atoms with Gasteiger partial charge < -0.3 is 9.74 Å². The molecule has 0 aromatic heterocycles. The molecule has 13 heteroatoms. The van der Waals surface area contributed by atoms with Gasteiger partial charge in [0.2, 0.25) is 5.91 Å². The van der Waals surface area contributed by atoms with E-state index in [9.17, 15) is 26.4 Å². The van der Waals surface area contributed by atoms with E-state index in [0.29, 0.717) is 5.56 Å². The average Bonchev–Trinajstić information content (AvgIpc) is 3.21. The predicted molar refractivity (Wildman–Crippen MR) is 124 cm³/mol. The zero-order chi connectivity index (χ0) is 26.1. The van der Waals surface area contributed by atoms with Crippen molar-refractivity contribution in [1.29, 1.82) is 0 Å². The van der Waals surface area contributed by atoms with E-state index in [-0.39, 0.29) is 51.5 Å². The molecule has 0 radical (unpaired) electrons. The van der Waals surface area contributed by atoms with Gasteiger partial charge in [-0.15, -0.1) is 0 Å². The van der Waals surface area contributed by atoms with Gasteiger partial charge in [-0.2, -0.15) is 13.2 Å². The molecule has 1 amide bonds. The summed E-state index contributed by atoms with van der Waals surface area (Å²) in [5.74, 6) is -1.47. The molecule has 0 aliphatic carbocycles. The molecule has 2 saturated heterocycles. The first kappa shape index (κ1) is 25.3. The number of benzene rings is 2. The molecule has 3 aliphatic rings. The number of carbonyl (C=O) groups excluding carboxylic acids is 1. The third-order valence-corrected chi connectivity index (χ3v) is 8.96. The van der Waals surface area contributed by atoms with E-state index in [0.717, 1.165) is 12.1 Å². The Labute approximate surface area is 213 Å². The van der Waals surface area contributed by atoms with Gasteiger partial charge in [0, 0.05) is 22.0 Å². The maximum absolute atomic E-state index is 15.3. The first-order valence-corrected chi connectivity index (χ1v) is 13.4. The zero-order valence-corrected chi connectivity index (χ0v) is 20.7. The normalized spacial score (nSPS) is 24.9. The van der Waals surface area contributed by atoms with Gasteiger partial charge in [0.15, 0.2) is 15.5 Å². The number of alkyl halides is 4. The highest BCUT2D eigenvalue weighted by Gasteiger charge is 2.62. The number of likely N-dealkylation sites (tertiary alicyclic amines) is 1. The van der Waals surface area contributed by atoms with Crippen LogP contribution in [0.4, 0.5) is 17.6 Å². The number of hydrogen-bond acceptors (Lipinski definition) is 5. The molecule has 0 N–H and O–H groups in total. The van der Waals surface area contributed by atoms with Crippen molar-refractivity contribution in [2.24, 2.45) is 11.1 Å². The predicted octanol–water partition coefficient (Wildman–Crippen LogP) is 4.63. The van der Waals surface area contributed by atoms with Gasteiger partial charge in [-0.3, -0.25) is 4.79 Å². The summed E-state index contributed by atoms with van der Waals surface area (Å²) in [7, 11) is -3.17. The summed E-state index contributed by atoms with van der Waals surface area (Å²) in [6.45, 7) is -0.447. The monoisotopic (exact) mass is 564 g/mol. The summed E-state index contributed by atoms with van der Waals surface area (Å²) in [5, 5.41) is 3.72. The lowest BCUT2D eigenvalue weighted by molar-refractivity contribution is -0.275. The second kappa shape index (κ2) is 8.32. The van der Waals surface area contributed by atoms with Crippen molar-refractivity contribution in [2.45, 2.75) is 23.9 Å². The minimum absolute atomic E-state index is 0.0134. The Morgan fingerprint density at radius 1 is 1.03 bits per heavy atom. The van der Waals surface area contributed by atoms with Crippen LogP contribution < -0.4 is 0 Å². The first-order valence-electron chi connectivity index (χ1n) is 10.8. The lowest BCUT2D eigenvalue weighted by atomic mass is 9.84. The third kappa shape index (κ3) is 4.24. The summed E-state index contributed by atoms with van der Waals surface area (Å²) in [5.41, 5.74) is -4.32. The number of nitrogens with zero attached hydrogens (tertiary/aromatic N) is 2.